The number of β-amino-alcohol motifs (C(OH)–C–C–N with tert-alkyl or cyclic N) is 1. The summed E-state index contributed by atoms with van der Waals surface area (Å²) in [6.45, 7) is 7.31. The first kappa shape index (κ1) is 26.2. The number of nitrogens with one attached hydrogen (secondary N) is 2. The zero-order chi connectivity index (χ0) is 26.2. The third-order valence-electron chi connectivity index (χ3n) is 7.40. The monoisotopic (exact) mass is 539 g/mol. The molecule has 2 aromatic carbocycles. The maximum absolute atomic E-state index is 12.9. The molecule has 5 rings (SSSR count). The van der Waals surface area contributed by atoms with Crippen molar-refractivity contribution < 1.29 is 9.67 Å². The van der Waals surface area contributed by atoms with Gasteiger partial charge in [-0.3, -0.25) is 4.90 Å². The van der Waals surface area contributed by atoms with Gasteiger partial charge in [-0.15, -0.1) is 0 Å². The molecule has 1 fully saturated rings. The zero-order valence-electron chi connectivity index (χ0n) is 21.7. The second-order valence-corrected chi connectivity index (χ2v) is 14.3. The van der Waals surface area contributed by atoms with Crippen LogP contribution in [0, 0.1) is 6.92 Å². The number of aliphatic hydroxyl groups is 1. The minimum Gasteiger partial charge on any atom is -0.392 e. The summed E-state index contributed by atoms with van der Waals surface area (Å²) in [6.07, 6.45) is 6.58. The molecule has 1 aliphatic carbocycles. The van der Waals surface area contributed by atoms with E-state index >= 15 is 0 Å². The summed E-state index contributed by atoms with van der Waals surface area (Å²) < 4.78 is 12.9. The maximum atomic E-state index is 12.9. The normalized spacial score (nSPS) is 20.4. The third-order valence-corrected chi connectivity index (χ3v) is 9.20. The molecule has 1 saturated heterocycles. The van der Waals surface area contributed by atoms with Crippen molar-refractivity contribution in [2.75, 3.05) is 37.1 Å². The lowest BCUT2D eigenvalue weighted by atomic mass is 10.0. The molecule has 2 heterocycles. The van der Waals surface area contributed by atoms with E-state index in [1.165, 1.54) is 11.1 Å². The first-order valence-corrected chi connectivity index (χ1v) is 15.9. The van der Waals surface area contributed by atoms with Crippen LogP contribution in [0.5, 0.6) is 0 Å². The molecule has 0 unspecified atom stereocenters. The molecule has 0 bridgehead atoms. The van der Waals surface area contributed by atoms with Crippen LogP contribution in [0.25, 0.3) is 0 Å². The van der Waals surface area contributed by atoms with Crippen molar-refractivity contribution >= 4 is 47.2 Å². The van der Waals surface area contributed by atoms with E-state index in [4.69, 9.17) is 11.6 Å². The number of nitrogens with zero attached hydrogens (tertiary/aromatic N) is 3. The predicted molar refractivity (Wildman–Crippen MR) is 153 cm³/mol. The first-order valence-electron chi connectivity index (χ1n) is 12.9. The number of aromatic nitrogens is 2. The molecule has 7 nitrogen and oxygen atoms in total. The second kappa shape index (κ2) is 10.7. The number of benzene rings is 2. The fourth-order valence-electron chi connectivity index (χ4n) is 5.40. The Labute approximate surface area is 224 Å². The van der Waals surface area contributed by atoms with E-state index < -0.39 is 7.14 Å². The minimum atomic E-state index is -2.51. The van der Waals surface area contributed by atoms with Crippen LogP contribution in [0.15, 0.2) is 42.6 Å². The van der Waals surface area contributed by atoms with Crippen LogP contribution in [0.3, 0.4) is 0 Å². The number of rotatable bonds is 6. The van der Waals surface area contributed by atoms with Crippen molar-refractivity contribution in [1.29, 1.82) is 0 Å². The average molecular weight is 540 g/mol. The summed E-state index contributed by atoms with van der Waals surface area (Å²) >= 11 is 6.43. The van der Waals surface area contributed by atoms with E-state index in [1.54, 1.807) is 19.5 Å². The van der Waals surface area contributed by atoms with Crippen LogP contribution in [0.1, 0.15) is 36.0 Å². The van der Waals surface area contributed by atoms with E-state index in [9.17, 15) is 9.67 Å². The molecular formula is C28H35ClN5O2P. The Morgan fingerprint density at radius 2 is 1.84 bits per heavy atom. The molecule has 196 valence electrons. The third kappa shape index (κ3) is 6.18. The van der Waals surface area contributed by atoms with Gasteiger partial charge in [-0.25, -0.2) is 4.98 Å². The molecule has 0 saturated carbocycles. The number of likely N-dealkylation sites (tertiary alicyclic amines) is 1. The van der Waals surface area contributed by atoms with Crippen molar-refractivity contribution in [3.63, 3.8) is 0 Å². The Bertz CT molecular complexity index is 1340. The Balaban J connectivity index is 1.32. The number of fused-ring (bicyclic) bond motifs is 1. The molecule has 3 N–H and O–H groups in total. The number of anilines is 4. The molecule has 0 amide bonds. The molecule has 1 aromatic heterocycles. The fourth-order valence-corrected chi connectivity index (χ4v) is 6.76. The van der Waals surface area contributed by atoms with Gasteiger partial charge in [-0.1, -0.05) is 29.3 Å². The van der Waals surface area contributed by atoms with Gasteiger partial charge in [0.05, 0.1) is 18.0 Å². The molecule has 2 aliphatic rings. The van der Waals surface area contributed by atoms with Crippen molar-refractivity contribution in [3.05, 3.63) is 64.3 Å². The number of halogens is 1. The highest BCUT2D eigenvalue weighted by molar-refractivity contribution is 7.70. The van der Waals surface area contributed by atoms with E-state index in [1.807, 2.05) is 25.1 Å². The van der Waals surface area contributed by atoms with E-state index in [-0.39, 0.29) is 6.10 Å². The fraction of sp³-hybridized carbons (Fsp3) is 0.429. The lowest BCUT2D eigenvalue weighted by Gasteiger charge is -2.26. The molecule has 0 spiro atoms. The van der Waals surface area contributed by atoms with Crippen LogP contribution >= 0.6 is 18.7 Å². The number of aryl methyl sites for hydroxylation is 3. The molecule has 3 aromatic rings. The van der Waals surface area contributed by atoms with E-state index in [2.05, 4.69) is 43.7 Å². The summed E-state index contributed by atoms with van der Waals surface area (Å²) in [4.78, 5) is 11.5. The van der Waals surface area contributed by atoms with Gasteiger partial charge >= 0.3 is 0 Å². The minimum absolute atomic E-state index is 0.175. The average Bonchev–Trinajstić information content (AvgIpc) is 3.17. The number of aliphatic hydroxyl groups excluding tert-OH is 1. The van der Waals surface area contributed by atoms with Crippen molar-refractivity contribution in [2.45, 2.75) is 51.2 Å². The molecular weight excluding hydrogens is 505 g/mol. The molecule has 0 radical (unpaired) electrons. The lowest BCUT2D eigenvalue weighted by molar-refractivity contribution is 0.153. The van der Waals surface area contributed by atoms with Crippen LogP contribution in [0.4, 0.5) is 23.1 Å². The van der Waals surface area contributed by atoms with Gasteiger partial charge in [0.2, 0.25) is 5.95 Å². The van der Waals surface area contributed by atoms with E-state index in [0.29, 0.717) is 22.8 Å². The summed E-state index contributed by atoms with van der Waals surface area (Å²) in [5, 5.41) is 17.7. The van der Waals surface area contributed by atoms with Crippen molar-refractivity contribution in [2.24, 2.45) is 0 Å². The topological polar surface area (TPSA) is 90.4 Å². The lowest BCUT2D eigenvalue weighted by Crippen LogP contribution is -2.34. The summed E-state index contributed by atoms with van der Waals surface area (Å²) in [7, 11) is -2.51. The highest BCUT2D eigenvalue weighted by Crippen LogP contribution is 2.39. The molecule has 1 aliphatic heterocycles. The van der Waals surface area contributed by atoms with Gasteiger partial charge in [0.1, 0.15) is 12.2 Å². The van der Waals surface area contributed by atoms with Gasteiger partial charge in [0.25, 0.3) is 0 Å². The van der Waals surface area contributed by atoms with Gasteiger partial charge in [0.15, 0.2) is 5.82 Å². The van der Waals surface area contributed by atoms with Crippen LogP contribution in [-0.2, 0) is 17.4 Å². The Kier molecular flexibility index (Phi) is 7.60. The first-order chi connectivity index (χ1) is 17.7. The smallest absolute Gasteiger partial charge is 0.229 e. The van der Waals surface area contributed by atoms with Crippen LogP contribution in [0.2, 0.25) is 5.02 Å². The Morgan fingerprint density at radius 1 is 1.05 bits per heavy atom. The van der Waals surface area contributed by atoms with E-state index in [0.717, 1.165) is 67.4 Å². The SMILES string of the molecule is Cc1ccc(Nc2nc(Nc3ccc4c(c3)CC[C@H](N3CC[C@H](O)C3)CC4)ncc2Cl)c(P(C)(C)=O)c1. The highest BCUT2D eigenvalue weighted by atomic mass is 35.5. The number of hydrogen-bond acceptors (Lipinski definition) is 7. The quantitative estimate of drug-likeness (QED) is 0.282. The standard InChI is InChI=1S/C28H35ClN5O2P/c1-18-4-11-25(26(14-18)37(2,3)36)32-27-24(29)16-30-28(33-27)31-21-8-5-19-6-9-22(10-7-20(19)15-21)34-13-12-23(35)17-34/h4-5,8,11,14-16,22-23,35H,6-7,9-10,12-13,17H2,1-3H3,(H2,30,31,32,33)/t22-,23+/m1/s1. The Hall–Kier alpha value is -2.44. The van der Waals surface area contributed by atoms with Gasteiger partial charge in [-0.2, -0.15) is 4.98 Å². The van der Waals surface area contributed by atoms with Gasteiger partial charge < -0.3 is 20.3 Å². The highest BCUT2D eigenvalue weighted by Gasteiger charge is 2.28. The van der Waals surface area contributed by atoms with Crippen molar-refractivity contribution in [3.8, 4) is 0 Å². The van der Waals surface area contributed by atoms with Crippen LogP contribution in [-0.4, -0.2) is 58.5 Å². The maximum Gasteiger partial charge on any atom is 0.229 e. The zero-order valence-corrected chi connectivity index (χ0v) is 23.3. The summed E-state index contributed by atoms with van der Waals surface area (Å²) in [5.74, 6) is 0.900. The second-order valence-electron chi connectivity index (χ2n) is 10.7. The van der Waals surface area contributed by atoms with Gasteiger partial charge in [0, 0.05) is 30.1 Å². The largest absolute Gasteiger partial charge is 0.392 e. The molecule has 37 heavy (non-hydrogen) atoms. The summed E-state index contributed by atoms with van der Waals surface area (Å²) in [6, 6.07) is 12.8. The Morgan fingerprint density at radius 3 is 2.57 bits per heavy atom. The van der Waals surface area contributed by atoms with Gasteiger partial charge in [-0.05, 0) is 87.7 Å². The molecule has 9 heteroatoms. The summed E-state index contributed by atoms with van der Waals surface area (Å²) in [5.41, 5.74) is 5.46. The molecule has 2 atom stereocenters. The van der Waals surface area contributed by atoms with Crippen LogP contribution < -0.4 is 15.9 Å². The van der Waals surface area contributed by atoms with Crippen molar-refractivity contribution in [1.82, 2.24) is 14.9 Å². The number of hydrogen-bond donors (Lipinski definition) is 3. The predicted octanol–water partition coefficient (Wildman–Crippen LogP) is 5.49.